The Labute approximate surface area is 141 Å². The van der Waals surface area contributed by atoms with E-state index in [1.54, 1.807) is 17.2 Å². The van der Waals surface area contributed by atoms with Gasteiger partial charge in [-0.1, -0.05) is 18.2 Å². The van der Waals surface area contributed by atoms with Crippen molar-refractivity contribution < 1.29 is 14.3 Å². The molecule has 6 nitrogen and oxygen atoms in total. The molecular weight excluding hydrogens is 306 g/mol. The maximum Gasteiger partial charge on any atom is 0.260 e. The Morgan fingerprint density at radius 3 is 3.00 bits per heavy atom. The van der Waals surface area contributed by atoms with Crippen LogP contribution in [0.15, 0.2) is 42.9 Å². The Morgan fingerprint density at radius 2 is 2.21 bits per heavy atom. The zero-order valence-corrected chi connectivity index (χ0v) is 13.7. The van der Waals surface area contributed by atoms with Gasteiger partial charge in [-0.15, -0.1) is 0 Å². The van der Waals surface area contributed by atoms with E-state index in [0.29, 0.717) is 12.4 Å². The first-order valence-corrected chi connectivity index (χ1v) is 8.11. The first-order valence-electron chi connectivity index (χ1n) is 8.11. The quantitative estimate of drug-likeness (QED) is 0.842. The van der Waals surface area contributed by atoms with Crippen LogP contribution in [0.1, 0.15) is 18.4 Å². The van der Waals surface area contributed by atoms with Gasteiger partial charge in [0.2, 0.25) is 5.88 Å². The molecular formula is C18H21N3O3. The van der Waals surface area contributed by atoms with E-state index in [-0.39, 0.29) is 18.6 Å². The molecule has 2 aromatic rings. The molecule has 1 atom stereocenters. The molecule has 0 N–H and O–H groups in total. The Morgan fingerprint density at radius 1 is 1.33 bits per heavy atom. The smallest absolute Gasteiger partial charge is 0.260 e. The summed E-state index contributed by atoms with van der Waals surface area (Å²) in [4.78, 5) is 22.1. The lowest BCUT2D eigenvalue weighted by atomic mass is 10.1. The van der Waals surface area contributed by atoms with Crippen LogP contribution in [0.4, 0.5) is 0 Å². The average Bonchev–Trinajstić information content (AvgIpc) is 2.62. The fraction of sp³-hybridized carbons (Fsp3) is 0.389. The molecule has 126 valence electrons. The Kier molecular flexibility index (Phi) is 5.25. The highest BCUT2D eigenvalue weighted by Gasteiger charge is 2.25. The van der Waals surface area contributed by atoms with Crippen molar-refractivity contribution >= 4 is 5.91 Å². The van der Waals surface area contributed by atoms with E-state index in [2.05, 4.69) is 9.97 Å². The number of para-hydroxylation sites is 1. The van der Waals surface area contributed by atoms with Crippen molar-refractivity contribution in [1.82, 2.24) is 14.9 Å². The van der Waals surface area contributed by atoms with E-state index in [9.17, 15) is 4.79 Å². The van der Waals surface area contributed by atoms with Crippen LogP contribution >= 0.6 is 0 Å². The van der Waals surface area contributed by atoms with E-state index >= 15 is 0 Å². The summed E-state index contributed by atoms with van der Waals surface area (Å²) in [5.74, 6) is 1.27. The highest BCUT2D eigenvalue weighted by atomic mass is 16.5. The molecule has 1 aromatic carbocycles. The number of hydrogen-bond donors (Lipinski definition) is 0. The van der Waals surface area contributed by atoms with Crippen LogP contribution in [0.2, 0.25) is 0 Å². The third kappa shape index (κ3) is 4.22. The number of hydrogen-bond acceptors (Lipinski definition) is 5. The predicted molar refractivity (Wildman–Crippen MR) is 88.9 cm³/mol. The second kappa shape index (κ2) is 7.77. The molecule has 6 heteroatoms. The number of carbonyl (C=O) groups excluding carboxylic acids is 1. The molecule has 0 radical (unpaired) electrons. The number of carbonyl (C=O) groups is 1. The third-order valence-electron chi connectivity index (χ3n) is 4.02. The molecule has 1 aliphatic rings. The van der Waals surface area contributed by atoms with Crippen molar-refractivity contribution in [3.8, 4) is 11.6 Å². The topological polar surface area (TPSA) is 64.5 Å². The largest absolute Gasteiger partial charge is 0.484 e. The first-order chi connectivity index (χ1) is 11.7. The SMILES string of the molecule is Cc1ccccc1OCC(=O)N1CCC[C@H](Oc2ccncn2)C1. The lowest BCUT2D eigenvalue weighted by Gasteiger charge is -2.32. The van der Waals surface area contributed by atoms with Gasteiger partial charge in [0.25, 0.3) is 5.91 Å². The number of rotatable bonds is 5. The molecule has 1 saturated heterocycles. The summed E-state index contributed by atoms with van der Waals surface area (Å²) in [6.07, 6.45) is 4.87. The normalized spacial score (nSPS) is 17.4. The molecule has 2 heterocycles. The van der Waals surface area contributed by atoms with E-state index < -0.39 is 0 Å². The fourth-order valence-electron chi connectivity index (χ4n) is 2.73. The van der Waals surface area contributed by atoms with Crippen LogP contribution in [0, 0.1) is 6.92 Å². The minimum atomic E-state index is -0.0453. The Bertz CT molecular complexity index is 678. The van der Waals surface area contributed by atoms with Gasteiger partial charge in [0.1, 0.15) is 18.2 Å². The van der Waals surface area contributed by atoms with Crippen molar-refractivity contribution in [2.24, 2.45) is 0 Å². The molecule has 24 heavy (non-hydrogen) atoms. The molecule has 1 fully saturated rings. The summed E-state index contributed by atoms with van der Waals surface area (Å²) >= 11 is 0. The minimum Gasteiger partial charge on any atom is -0.484 e. The van der Waals surface area contributed by atoms with Gasteiger partial charge in [-0.2, -0.15) is 0 Å². The molecule has 3 rings (SSSR count). The maximum atomic E-state index is 12.4. The summed E-state index contributed by atoms with van der Waals surface area (Å²) in [6.45, 7) is 3.30. The van der Waals surface area contributed by atoms with Gasteiger partial charge in [0.15, 0.2) is 6.61 Å². The standard InChI is InChI=1S/C18H21N3O3/c1-14-5-2-3-7-16(14)23-12-18(22)21-10-4-6-15(11-21)24-17-8-9-19-13-20-17/h2-3,5,7-9,13,15H,4,6,10-12H2,1H3/t15-/m0/s1. The van der Waals surface area contributed by atoms with Crippen molar-refractivity contribution in [2.75, 3.05) is 19.7 Å². The molecule has 0 bridgehead atoms. The summed E-state index contributed by atoms with van der Waals surface area (Å²) in [6, 6.07) is 9.41. The van der Waals surface area contributed by atoms with E-state index in [1.807, 2.05) is 31.2 Å². The van der Waals surface area contributed by atoms with Gasteiger partial charge in [-0.05, 0) is 31.4 Å². The van der Waals surface area contributed by atoms with Gasteiger partial charge in [0.05, 0.1) is 6.54 Å². The second-order valence-corrected chi connectivity index (χ2v) is 5.82. The summed E-state index contributed by atoms with van der Waals surface area (Å²) < 4.78 is 11.5. The Hall–Kier alpha value is -2.63. The van der Waals surface area contributed by atoms with Crippen LogP contribution in [-0.4, -0.2) is 46.6 Å². The summed E-state index contributed by atoms with van der Waals surface area (Å²) in [7, 11) is 0. The van der Waals surface area contributed by atoms with Crippen LogP contribution in [0.3, 0.4) is 0 Å². The van der Waals surface area contributed by atoms with Crippen molar-refractivity contribution in [1.29, 1.82) is 0 Å². The van der Waals surface area contributed by atoms with Crippen molar-refractivity contribution in [2.45, 2.75) is 25.9 Å². The second-order valence-electron chi connectivity index (χ2n) is 5.82. The van der Waals surface area contributed by atoms with Gasteiger partial charge in [0, 0.05) is 18.8 Å². The molecule has 0 unspecified atom stereocenters. The number of aryl methyl sites for hydroxylation is 1. The van der Waals surface area contributed by atoms with Crippen LogP contribution in [0.25, 0.3) is 0 Å². The fourth-order valence-corrected chi connectivity index (χ4v) is 2.73. The number of amides is 1. The lowest BCUT2D eigenvalue weighted by Crippen LogP contribution is -2.46. The van der Waals surface area contributed by atoms with Crippen LogP contribution in [-0.2, 0) is 4.79 Å². The van der Waals surface area contributed by atoms with Crippen LogP contribution < -0.4 is 9.47 Å². The number of likely N-dealkylation sites (tertiary alicyclic amines) is 1. The van der Waals surface area contributed by atoms with Gasteiger partial charge in [-0.25, -0.2) is 9.97 Å². The predicted octanol–water partition coefficient (Wildman–Crippen LogP) is 2.23. The summed E-state index contributed by atoms with van der Waals surface area (Å²) in [5.41, 5.74) is 1.02. The number of nitrogens with zero attached hydrogens (tertiary/aromatic N) is 3. The van der Waals surface area contributed by atoms with Gasteiger partial charge in [-0.3, -0.25) is 4.79 Å². The number of benzene rings is 1. The molecule has 1 amide bonds. The highest BCUT2D eigenvalue weighted by molar-refractivity contribution is 5.78. The number of piperidine rings is 1. The first kappa shape index (κ1) is 16.2. The molecule has 0 saturated carbocycles. The Balaban J connectivity index is 1.52. The molecule has 0 spiro atoms. The molecule has 1 aliphatic heterocycles. The molecule has 1 aromatic heterocycles. The van der Waals surface area contributed by atoms with Gasteiger partial charge < -0.3 is 14.4 Å². The zero-order chi connectivity index (χ0) is 16.8. The lowest BCUT2D eigenvalue weighted by molar-refractivity contribution is -0.136. The number of aromatic nitrogens is 2. The molecule has 0 aliphatic carbocycles. The average molecular weight is 327 g/mol. The summed E-state index contributed by atoms with van der Waals surface area (Å²) in [5, 5.41) is 0. The van der Waals surface area contributed by atoms with Crippen LogP contribution in [0.5, 0.6) is 11.6 Å². The van der Waals surface area contributed by atoms with E-state index in [0.717, 1.165) is 30.7 Å². The van der Waals surface area contributed by atoms with Gasteiger partial charge >= 0.3 is 0 Å². The van der Waals surface area contributed by atoms with E-state index in [1.165, 1.54) is 6.33 Å². The van der Waals surface area contributed by atoms with Crippen molar-refractivity contribution in [3.63, 3.8) is 0 Å². The van der Waals surface area contributed by atoms with Crippen molar-refractivity contribution in [3.05, 3.63) is 48.4 Å². The maximum absolute atomic E-state index is 12.4. The zero-order valence-electron chi connectivity index (χ0n) is 13.7. The monoisotopic (exact) mass is 327 g/mol. The highest BCUT2D eigenvalue weighted by Crippen LogP contribution is 2.18. The van der Waals surface area contributed by atoms with E-state index in [4.69, 9.17) is 9.47 Å². The third-order valence-corrected chi connectivity index (χ3v) is 4.02. The number of ether oxygens (including phenoxy) is 2. The minimum absolute atomic E-state index is 0.0192.